The molecule has 5 heteroatoms. The number of nitriles is 1. The van der Waals surface area contributed by atoms with E-state index in [-0.39, 0.29) is 5.91 Å². The van der Waals surface area contributed by atoms with Crippen molar-refractivity contribution >= 4 is 40.6 Å². The third kappa shape index (κ3) is 4.57. The molecule has 0 radical (unpaired) electrons. The van der Waals surface area contributed by atoms with Gasteiger partial charge >= 0.3 is 0 Å². The van der Waals surface area contributed by atoms with Crippen LogP contribution in [-0.4, -0.2) is 11.1 Å². The topological polar surface area (TPSA) is 65.2 Å². The van der Waals surface area contributed by atoms with Crippen LogP contribution in [0.4, 0.5) is 0 Å². The van der Waals surface area contributed by atoms with Crippen LogP contribution in [0.1, 0.15) is 22.3 Å². The maximum Gasteiger partial charge on any atom is 0.264 e. The number of amides is 1. The van der Waals surface area contributed by atoms with Gasteiger partial charge in [-0.2, -0.15) is 5.26 Å². The highest BCUT2D eigenvalue weighted by molar-refractivity contribution is 8.18. The molecule has 4 nitrogen and oxygen atoms in total. The lowest BCUT2D eigenvalue weighted by molar-refractivity contribution is -0.115. The molecule has 1 N–H and O–H groups in total. The maximum atomic E-state index is 12.0. The number of rotatable bonds is 4. The van der Waals surface area contributed by atoms with Gasteiger partial charge in [0.2, 0.25) is 6.19 Å². The number of hydrogen-bond acceptors (Lipinski definition) is 4. The Morgan fingerprint density at radius 1 is 0.867 bits per heavy atom. The van der Waals surface area contributed by atoms with E-state index in [0.29, 0.717) is 10.1 Å². The predicted octanol–water partition coefficient (Wildman–Crippen LogP) is 5.32. The zero-order chi connectivity index (χ0) is 20.8. The Hall–Kier alpha value is -3.88. The second-order valence-corrected chi connectivity index (χ2v) is 7.57. The standard InChI is InChI=1S/C25H17N3OS/c26-17-27-25-28-24(29)23(30-25)16-19-13-11-18(12-14-19)15-22(20-7-3-1-4-8-20)21-9-5-2-6-10-21/h1-16H,(H,27,28,29). The van der Waals surface area contributed by atoms with E-state index in [1.807, 2.05) is 60.7 Å². The van der Waals surface area contributed by atoms with E-state index in [2.05, 4.69) is 40.7 Å². The number of aliphatic imine (C=N–C) groups is 1. The summed E-state index contributed by atoms with van der Waals surface area (Å²) in [5.74, 6) is -0.242. The molecule has 1 heterocycles. The molecule has 1 fully saturated rings. The average molecular weight is 407 g/mol. The average Bonchev–Trinajstić information content (AvgIpc) is 3.13. The normalized spacial score (nSPS) is 15.6. The Morgan fingerprint density at radius 2 is 1.43 bits per heavy atom. The van der Waals surface area contributed by atoms with Crippen LogP contribution in [0, 0.1) is 11.5 Å². The second-order valence-electron chi connectivity index (χ2n) is 6.54. The van der Waals surface area contributed by atoms with Gasteiger partial charge in [0.25, 0.3) is 5.91 Å². The smallest absolute Gasteiger partial charge is 0.264 e. The number of amidine groups is 1. The lowest BCUT2D eigenvalue weighted by Crippen LogP contribution is -2.19. The number of carbonyl (C=O) groups is 1. The molecule has 0 atom stereocenters. The highest BCUT2D eigenvalue weighted by Crippen LogP contribution is 2.28. The van der Waals surface area contributed by atoms with Crippen LogP contribution in [0.5, 0.6) is 0 Å². The molecule has 1 aliphatic rings. The van der Waals surface area contributed by atoms with Crippen LogP contribution < -0.4 is 5.32 Å². The van der Waals surface area contributed by atoms with Crippen LogP contribution in [0.15, 0.2) is 94.8 Å². The second kappa shape index (κ2) is 9.08. The van der Waals surface area contributed by atoms with Gasteiger partial charge < -0.3 is 0 Å². The molecule has 0 unspecified atom stereocenters. The molecule has 0 bridgehead atoms. The van der Waals surface area contributed by atoms with Gasteiger partial charge in [0.05, 0.1) is 4.91 Å². The fourth-order valence-electron chi connectivity index (χ4n) is 3.10. The van der Waals surface area contributed by atoms with Gasteiger partial charge in [-0.1, -0.05) is 84.9 Å². The number of nitrogens with one attached hydrogen (secondary N) is 1. The van der Waals surface area contributed by atoms with Crippen molar-refractivity contribution in [1.29, 1.82) is 5.26 Å². The van der Waals surface area contributed by atoms with Crippen molar-refractivity contribution < 1.29 is 4.79 Å². The summed E-state index contributed by atoms with van der Waals surface area (Å²) in [7, 11) is 0. The van der Waals surface area contributed by atoms with E-state index in [4.69, 9.17) is 5.26 Å². The van der Waals surface area contributed by atoms with Crippen molar-refractivity contribution in [3.8, 4) is 6.19 Å². The first-order valence-corrected chi connectivity index (χ1v) is 10.1. The van der Waals surface area contributed by atoms with E-state index >= 15 is 0 Å². The summed E-state index contributed by atoms with van der Waals surface area (Å²) in [4.78, 5) is 16.1. The zero-order valence-electron chi connectivity index (χ0n) is 15.9. The highest BCUT2D eigenvalue weighted by Gasteiger charge is 2.23. The van der Waals surface area contributed by atoms with E-state index in [9.17, 15) is 4.79 Å². The quantitative estimate of drug-likeness (QED) is 0.362. The molecule has 1 saturated heterocycles. The summed E-state index contributed by atoms with van der Waals surface area (Å²) in [6.45, 7) is 0. The Bertz CT molecular complexity index is 1150. The number of hydrogen-bond donors (Lipinski definition) is 1. The molecule has 0 aliphatic carbocycles. The van der Waals surface area contributed by atoms with Gasteiger partial charge in [0.15, 0.2) is 5.17 Å². The van der Waals surface area contributed by atoms with E-state index in [0.717, 1.165) is 39.6 Å². The molecule has 4 rings (SSSR count). The Morgan fingerprint density at radius 3 is 2.00 bits per heavy atom. The first-order valence-electron chi connectivity index (χ1n) is 9.33. The molecule has 1 aliphatic heterocycles. The Kier molecular flexibility index (Phi) is 5.88. The zero-order valence-corrected chi connectivity index (χ0v) is 16.8. The van der Waals surface area contributed by atoms with E-state index < -0.39 is 0 Å². The first-order chi connectivity index (χ1) is 14.7. The SMILES string of the molecule is N#CN=C1NC(=O)C(=Cc2ccc(C=C(c3ccccc3)c3ccccc3)cc2)S1. The van der Waals surface area contributed by atoms with Gasteiger partial charge in [0.1, 0.15) is 0 Å². The summed E-state index contributed by atoms with van der Waals surface area (Å²) in [5.41, 5.74) is 5.42. The van der Waals surface area contributed by atoms with Crippen molar-refractivity contribution in [2.75, 3.05) is 0 Å². The van der Waals surface area contributed by atoms with Crippen molar-refractivity contribution in [2.24, 2.45) is 4.99 Å². The van der Waals surface area contributed by atoms with Crippen LogP contribution in [0.3, 0.4) is 0 Å². The van der Waals surface area contributed by atoms with Crippen LogP contribution >= 0.6 is 11.8 Å². The van der Waals surface area contributed by atoms with Crippen molar-refractivity contribution in [3.63, 3.8) is 0 Å². The molecule has 3 aromatic carbocycles. The molecular weight excluding hydrogens is 390 g/mol. The number of carbonyl (C=O) groups excluding carboxylic acids is 1. The minimum atomic E-state index is -0.242. The molecule has 3 aromatic rings. The Balaban J connectivity index is 1.64. The van der Waals surface area contributed by atoms with E-state index in [1.54, 1.807) is 12.3 Å². The lowest BCUT2D eigenvalue weighted by Gasteiger charge is -2.09. The minimum absolute atomic E-state index is 0.242. The van der Waals surface area contributed by atoms with Gasteiger partial charge in [-0.3, -0.25) is 10.1 Å². The monoisotopic (exact) mass is 407 g/mol. The third-order valence-electron chi connectivity index (χ3n) is 4.52. The van der Waals surface area contributed by atoms with E-state index in [1.165, 1.54) is 0 Å². The molecular formula is C25H17N3OS. The lowest BCUT2D eigenvalue weighted by atomic mass is 9.95. The fourth-order valence-corrected chi connectivity index (χ4v) is 3.88. The minimum Gasteiger partial charge on any atom is -0.300 e. The van der Waals surface area contributed by atoms with Crippen molar-refractivity contribution in [3.05, 3.63) is 112 Å². The summed E-state index contributed by atoms with van der Waals surface area (Å²) in [5, 5.41) is 11.5. The summed E-state index contributed by atoms with van der Waals surface area (Å²) in [6, 6.07) is 28.6. The van der Waals surface area contributed by atoms with Gasteiger partial charge in [-0.05, 0) is 51.7 Å². The molecule has 144 valence electrons. The molecule has 0 spiro atoms. The molecule has 0 saturated carbocycles. The van der Waals surface area contributed by atoms with Crippen LogP contribution in [0.2, 0.25) is 0 Å². The fraction of sp³-hybridized carbons (Fsp3) is 0. The Labute approximate surface area is 179 Å². The van der Waals surface area contributed by atoms with Crippen molar-refractivity contribution in [2.45, 2.75) is 0 Å². The van der Waals surface area contributed by atoms with Gasteiger partial charge in [0, 0.05) is 0 Å². The predicted molar refractivity (Wildman–Crippen MR) is 123 cm³/mol. The van der Waals surface area contributed by atoms with Gasteiger partial charge in [-0.25, -0.2) is 0 Å². The summed E-state index contributed by atoms with van der Waals surface area (Å²) in [6.07, 6.45) is 5.64. The third-order valence-corrected chi connectivity index (χ3v) is 5.43. The molecule has 0 aromatic heterocycles. The van der Waals surface area contributed by atoms with Gasteiger partial charge in [-0.15, -0.1) is 4.99 Å². The number of nitrogens with zero attached hydrogens (tertiary/aromatic N) is 2. The molecule has 30 heavy (non-hydrogen) atoms. The molecule has 1 amide bonds. The first kappa shape index (κ1) is 19.4. The van der Waals surface area contributed by atoms with Crippen molar-refractivity contribution in [1.82, 2.24) is 5.32 Å². The largest absolute Gasteiger partial charge is 0.300 e. The number of benzene rings is 3. The van der Waals surface area contributed by atoms with Crippen LogP contribution in [0.25, 0.3) is 17.7 Å². The van der Waals surface area contributed by atoms with Crippen LogP contribution in [-0.2, 0) is 4.79 Å². The maximum absolute atomic E-state index is 12.0. The summed E-state index contributed by atoms with van der Waals surface area (Å²) >= 11 is 1.16. The highest BCUT2D eigenvalue weighted by atomic mass is 32.2. The summed E-state index contributed by atoms with van der Waals surface area (Å²) < 4.78 is 0. The number of thioether (sulfide) groups is 1.